The molecule has 0 fully saturated rings. The SMILES string of the molecule is CNC(=O)c1cccc(CNc2ncc(C)c(NCc3cccc(C(=O)NC)c3)n2)c1. The second-order valence-electron chi connectivity index (χ2n) is 6.99. The second kappa shape index (κ2) is 10.2. The molecule has 1 aromatic heterocycles. The lowest BCUT2D eigenvalue weighted by Crippen LogP contribution is -2.18. The Morgan fingerprint density at radius 1 is 0.839 bits per heavy atom. The van der Waals surface area contributed by atoms with Crippen LogP contribution >= 0.6 is 0 Å². The molecular formula is C23H26N6O2. The van der Waals surface area contributed by atoms with Gasteiger partial charge in [-0.15, -0.1) is 0 Å². The maximum Gasteiger partial charge on any atom is 0.251 e. The summed E-state index contributed by atoms with van der Waals surface area (Å²) in [5.41, 5.74) is 4.05. The summed E-state index contributed by atoms with van der Waals surface area (Å²) < 4.78 is 0. The normalized spacial score (nSPS) is 10.3. The van der Waals surface area contributed by atoms with E-state index in [1.807, 2.05) is 43.3 Å². The molecule has 0 radical (unpaired) electrons. The van der Waals surface area contributed by atoms with Gasteiger partial charge in [0.25, 0.3) is 11.8 Å². The van der Waals surface area contributed by atoms with Crippen LogP contribution in [0.1, 0.15) is 37.4 Å². The Labute approximate surface area is 181 Å². The van der Waals surface area contributed by atoms with Gasteiger partial charge in [0.1, 0.15) is 5.82 Å². The van der Waals surface area contributed by atoms with E-state index < -0.39 is 0 Å². The fourth-order valence-electron chi connectivity index (χ4n) is 3.01. The Kier molecular flexibility index (Phi) is 7.16. The number of aromatic nitrogens is 2. The van der Waals surface area contributed by atoms with Crippen LogP contribution < -0.4 is 21.3 Å². The van der Waals surface area contributed by atoms with Crippen molar-refractivity contribution < 1.29 is 9.59 Å². The van der Waals surface area contributed by atoms with Crippen molar-refractivity contribution in [3.8, 4) is 0 Å². The number of hydrogen-bond acceptors (Lipinski definition) is 6. The summed E-state index contributed by atoms with van der Waals surface area (Å²) in [6, 6.07) is 14.8. The highest BCUT2D eigenvalue weighted by Crippen LogP contribution is 2.16. The van der Waals surface area contributed by atoms with Crippen LogP contribution in [0.4, 0.5) is 11.8 Å². The highest BCUT2D eigenvalue weighted by atomic mass is 16.2. The average molecular weight is 419 g/mol. The molecule has 3 rings (SSSR count). The number of carbonyl (C=O) groups excluding carboxylic acids is 2. The van der Waals surface area contributed by atoms with Crippen LogP contribution in [0.25, 0.3) is 0 Å². The molecule has 31 heavy (non-hydrogen) atoms. The Morgan fingerprint density at radius 3 is 1.94 bits per heavy atom. The largest absolute Gasteiger partial charge is 0.366 e. The molecule has 2 amide bonds. The van der Waals surface area contributed by atoms with E-state index in [9.17, 15) is 9.59 Å². The lowest BCUT2D eigenvalue weighted by atomic mass is 10.1. The van der Waals surface area contributed by atoms with Crippen molar-refractivity contribution in [3.63, 3.8) is 0 Å². The number of benzene rings is 2. The van der Waals surface area contributed by atoms with Gasteiger partial charge in [0.05, 0.1) is 0 Å². The minimum atomic E-state index is -0.125. The number of rotatable bonds is 8. The Hall–Kier alpha value is -3.94. The molecule has 2 aromatic carbocycles. The molecule has 4 N–H and O–H groups in total. The molecule has 8 nitrogen and oxygen atoms in total. The smallest absolute Gasteiger partial charge is 0.251 e. The fraction of sp³-hybridized carbons (Fsp3) is 0.217. The van der Waals surface area contributed by atoms with Gasteiger partial charge in [0.15, 0.2) is 0 Å². The molecule has 0 unspecified atom stereocenters. The molecule has 0 spiro atoms. The third kappa shape index (κ3) is 5.79. The van der Waals surface area contributed by atoms with Crippen molar-refractivity contribution in [1.82, 2.24) is 20.6 Å². The predicted octanol–water partition coefficient (Wildman–Crippen LogP) is 2.73. The fourth-order valence-corrected chi connectivity index (χ4v) is 3.01. The van der Waals surface area contributed by atoms with E-state index in [4.69, 9.17) is 0 Å². The summed E-state index contributed by atoms with van der Waals surface area (Å²) in [4.78, 5) is 32.5. The van der Waals surface area contributed by atoms with Crippen molar-refractivity contribution in [1.29, 1.82) is 0 Å². The molecule has 0 saturated carbocycles. The van der Waals surface area contributed by atoms with Gasteiger partial charge in [-0.3, -0.25) is 9.59 Å². The quantitative estimate of drug-likeness (QED) is 0.448. The molecule has 160 valence electrons. The number of amides is 2. The van der Waals surface area contributed by atoms with E-state index >= 15 is 0 Å². The summed E-state index contributed by atoms with van der Waals surface area (Å²) in [6.07, 6.45) is 1.75. The molecule has 0 saturated heterocycles. The second-order valence-corrected chi connectivity index (χ2v) is 6.99. The van der Waals surface area contributed by atoms with Gasteiger partial charge in [-0.05, 0) is 42.3 Å². The number of hydrogen-bond donors (Lipinski definition) is 4. The van der Waals surface area contributed by atoms with E-state index in [0.29, 0.717) is 36.0 Å². The molecule has 0 aliphatic heterocycles. The van der Waals surface area contributed by atoms with Crippen molar-refractivity contribution in [2.75, 3.05) is 24.7 Å². The first-order valence-electron chi connectivity index (χ1n) is 9.93. The summed E-state index contributed by atoms with van der Waals surface area (Å²) in [6.45, 7) is 2.94. The van der Waals surface area contributed by atoms with Crippen LogP contribution in [0, 0.1) is 6.92 Å². The minimum Gasteiger partial charge on any atom is -0.366 e. The van der Waals surface area contributed by atoms with Gasteiger partial charge >= 0.3 is 0 Å². The number of carbonyl (C=O) groups is 2. The van der Waals surface area contributed by atoms with Crippen molar-refractivity contribution in [3.05, 3.63) is 82.5 Å². The summed E-state index contributed by atoms with van der Waals surface area (Å²) in [7, 11) is 3.22. The molecule has 0 aliphatic rings. The molecular weight excluding hydrogens is 392 g/mol. The molecule has 0 atom stereocenters. The van der Waals surface area contributed by atoms with Crippen LogP contribution in [-0.2, 0) is 13.1 Å². The van der Waals surface area contributed by atoms with E-state index in [2.05, 4.69) is 31.2 Å². The van der Waals surface area contributed by atoms with Crippen LogP contribution in [0.5, 0.6) is 0 Å². The predicted molar refractivity (Wildman–Crippen MR) is 121 cm³/mol. The highest BCUT2D eigenvalue weighted by molar-refractivity contribution is 5.94. The van der Waals surface area contributed by atoms with E-state index in [-0.39, 0.29) is 11.8 Å². The van der Waals surface area contributed by atoms with Gasteiger partial charge in [-0.2, -0.15) is 4.98 Å². The first-order chi connectivity index (χ1) is 15.0. The third-order valence-corrected chi connectivity index (χ3v) is 4.71. The zero-order chi connectivity index (χ0) is 22.2. The maximum absolute atomic E-state index is 11.8. The summed E-state index contributed by atoms with van der Waals surface area (Å²) >= 11 is 0. The van der Waals surface area contributed by atoms with Crippen LogP contribution in [-0.4, -0.2) is 35.9 Å². The lowest BCUT2D eigenvalue weighted by molar-refractivity contribution is 0.0955. The van der Waals surface area contributed by atoms with Crippen LogP contribution in [0.15, 0.2) is 54.7 Å². The number of nitrogens with one attached hydrogen (secondary N) is 4. The molecule has 8 heteroatoms. The van der Waals surface area contributed by atoms with Gasteiger partial charge in [0, 0.05) is 50.1 Å². The lowest BCUT2D eigenvalue weighted by Gasteiger charge is -2.12. The Balaban J connectivity index is 1.65. The molecule has 3 aromatic rings. The first-order valence-corrected chi connectivity index (χ1v) is 9.93. The number of nitrogens with zero attached hydrogens (tertiary/aromatic N) is 2. The number of anilines is 2. The van der Waals surface area contributed by atoms with E-state index in [1.165, 1.54) is 0 Å². The van der Waals surface area contributed by atoms with E-state index in [1.54, 1.807) is 32.4 Å². The minimum absolute atomic E-state index is 0.118. The zero-order valence-electron chi connectivity index (χ0n) is 17.8. The molecule has 0 aliphatic carbocycles. The topological polar surface area (TPSA) is 108 Å². The van der Waals surface area contributed by atoms with Crippen LogP contribution in [0.3, 0.4) is 0 Å². The van der Waals surface area contributed by atoms with Gasteiger partial charge in [-0.1, -0.05) is 24.3 Å². The maximum atomic E-state index is 11.8. The molecule has 0 bridgehead atoms. The summed E-state index contributed by atoms with van der Waals surface area (Å²) in [5.74, 6) is 0.951. The van der Waals surface area contributed by atoms with Gasteiger partial charge in [0.2, 0.25) is 5.95 Å². The monoisotopic (exact) mass is 418 g/mol. The Bertz CT molecular complexity index is 1080. The van der Waals surface area contributed by atoms with Crippen molar-refractivity contribution in [2.24, 2.45) is 0 Å². The molecule has 1 heterocycles. The van der Waals surface area contributed by atoms with Gasteiger partial charge < -0.3 is 21.3 Å². The first kappa shape index (κ1) is 21.8. The van der Waals surface area contributed by atoms with E-state index in [0.717, 1.165) is 16.7 Å². The van der Waals surface area contributed by atoms with Crippen molar-refractivity contribution in [2.45, 2.75) is 20.0 Å². The standard InChI is InChI=1S/C23H26N6O2/c1-15-12-27-23(28-14-17-7-5-9-19(11-17)22(31)25-3)29-20(15)26-13-16-6-4-8-18(10-16)21(30)24-2/h4-12H,13-14H2,1-3H3,(H,24,30)(H,25,31)(H2,26,27,28,29). The van der Waals surface area contributed by atoms with Gasteiger partial charge in [-0.25, -0.2) is 4.98 Å². The zero-order valence-corrected chi connectivity index (χ0v) is 17.8. The third-order valence-electron chi connectivity index (χ3n) is 4.71. The summed E-state index contributed by atoms with van der Waals surface area (Å²) in [5, 5.41) is 11.8. The van der Waals surface area contributed by atoms with Crippen molar-refractivity contribution >= 4 is 23.6 Å². The Morgan fingerprint density at radius 2 is 1.39 bits per heavy atom. The highest BCUT2D eigenvalue weighted by Gasteiger charge is 2.08. The number of aryl methyl sites for hydroxylation is 1. The van der Waals surface area contributed by atoms with Crippen LogP contribution in [0.2, 0.25) is 0 Å². The average Bonchev–Trinajstić information content (AvgIpc) is 2.82.